The van der Waals surface area contributed by atoms with Crippen molar-refractivity contribution < 1.29 is 14.3 Å². The standard InChI is InChI=1S/C41H54O3Si/c1-31-25-27-37-39(43-30-32-18-10-7-11-19-32)38(42)33(26-28-36(31)41(37,5)6)20-16-17-29-44-45(40(2,3)4,34-21-12-8-13-22-34)35-23-14-9-15-24-35/h7-15,18-19,21-24,37,39,42H,16-17,20,25-30H2,1-6H3/p-1/b38-33+/t37-,39+/m1/s1. The molecule has 45 heavy (non-hydrogen) atoms. The predicted octanol–water partition coefficient (Wildman–Crippen LogP) is 8.48. The molecule has 2 atom stereocenters. The van der Waals surface area contributed by atoms with Crippen molar-refractivity contribution in [2.45, 2.75) is 104 Å². The quantitative estimate of drug-likeness (QED) is 0.123. The van der Waals surface area contributed by atoms with Gasteiger partial charge >= 0.3 is 0 Å². The number of hydrogen-bond donors (Lipinski definition) is 0. The van der Waals surface area contributed by atoms with Crippen molar-refractivity contribution in [1.29, 1.82) is 0 Å². The zero-order valence-corrected chi connectivity index (χ0v) is 29.4. The second-order valence-electron chi connectivity index (χ2n) is 14.8. The van der Waals surface area contributed by atoms with Crippen LogP contribution in [0.5, 0.6) is 0 Å². The van der Waals surface area contributed by atoms with Crippen molar-refractivity contribution in [3.63, 3.8) is 0 Å². The topological polar surface area (TPSA) is 41.5 Å². The van der Waals surface area contributed by atoms with Crippen molar-refractivity contribution >= 4 is 18.7 Å². The molecule has 0 radical (unpaired) electrons. The van der Waals surface area contributed by atoms with Gasteiger partial charge < -0.3 is 14.3 Å². The summed E-state index contributed by atoms with van der Waals surface area (Å²) in [4.78, 5) is 0. The summed E-state index contributed by atoms with van der Waals surface area (Å²) in [5.74, 6) is 0.441. The Morgan fingerprint density at radius 1 is 0.800 bits per heavy atom. The van der Waals surface area contributed by atoms with Gasteiger partial charge in [-0.1, -0.05) is 142 Å². The van der Waals surface area contributed by atoms with E-state index < -0.39 is 14.4 Å². The van der Waals surface area contributed by atoms with Crippen molar-refractivity contribution in [2.75, 3.05) is 6.61 Å². The van der Waals surface area contributed by atoms with E-state index in [-0.39, 0.29) is 22.1 Å². The second-order valence-corrected chi connectivity index (χ2v) is 19.1. The maximum absolute atomic E-state index is 14.3. The maximum Gasteiger partial charge on any atom is 0.261 e. The lowest BCUT2D eigenvalue weighted by Gasteiger charge is -2.49. The minimum atomic E-state index is -2.56. The van der Waals surface area contributed by atoms with Crippen molar-refractivity contribution in [3.05, 3.63) is 119 Å². The third-order valence-corrected chi connectivity index (χ3v) is 15.6. The molecule has 0 fully saturated rings. The van der Waals surface area contributed by atoms with Crippen molar-refractivity contribution in [3.8, 4) is 0 Å². The summed E-state index contributed by atoms with van der Waals surface area (Å²) < 4.78 is 13.7. The van der Waals surface area contributed by atoms with Gasteiger partial charge in [-0.25, -0.2) is 0 Å². The van der Waals surface area contributed by atoms with E-state index in [2.05, 4.69) is 114 Å². The third kappa shape index (κ3) is 7.09. The lowest BCUT2D eigenvalue weighted by molar-refractivity contribution is -0.331. The van der Waals surface area contributed by atoms with Gasteiger partial charge in [0.25, 0.3) is 8.32 Å². The van der Waals surface area contributed by atoms with Crippen LogP contribution >= 0.6 is 0 Å². The Balaban J connectivity index is 1.34. The molecule has 2 aliphatic carbocycles. The summed E-state index contributed by atoms with van der Waals surface area (Å²) in [5.41, 5.74) is 5.22. The van der Waals surface area contributed by atoms with Crippen LogP contribution in [0.1, 0.15) is 92.1 Å². The van der Waals surface area contributed by atoms with Crippen LogP contribution in [-0.2, 0) is 15.8 Å². The zero-order valence-electron chi connectivity index (χ0n) is 28.4. The normalized spacial score (nSPS) is 22.2. The van der Waals surface area contributed by atoms with Crippen LogP contribution in [0.25, 0.3) is 0 Å². The first-order chi connectivity index (χ1) is 21.6. The number of fused-ring (bicyclic) bond motifs is 2. The highest BCUT2D eigenvalue weighted by Gasteiger charge is 2.50. The highest BCUT2D eigenvalue weighted by Crippen LogP contribution is 2.51. The molecule has 3 nitrogen and oxygen atoms in total. The average Bonchev–Trinajstić information content (AvgIpc) is 3.02. The van der Waals surface area contributed by atoms with E-state index >= 15 is 0 Å². The molecule has 2 bridgehead atoms. The summed E-state index contributed by atoms with van der Waals surface area (Å²) in [6, 6.07) is 32.0. The highest BCUT2D eigenvalue weighted by atomic mass is 28.4. The summed E-state index contributed by atoms with van der Waals surface area (Å²) in [7, 11) is -2.56. The molecule has 0 saturated carbocycles. The van der Waals surface area contributed by atoms with Gasteiger partial charge in [0, 0.05) is 6.61 Å². The second kappa shape index (κ2) is 14.2. The van der Waals surface area contributed by atoms with Crippen LogP contribution < -0.4 is 15.5 Å². The molecule has 0 amide bonds. The Morgan fingerprint density at radius 2 is 1.38 bits per heavy atom. The minimum Gasteiger partial charge on any atom is -0.874 e. The number of rotatable bonds is 11. The Labute approximate surface area is 273 Å². The van der Waals surface area contributed by atoms with Crippen LogP contribution in [0.15, 0.2) is 113 Å². The van der Waals surface area contributed by atoms with E-state index in [0.717, 1.165) is 56.1 Å². The van der Waals surface area contributed by atoms with Gasteiger partial charge in [-0.05, 0) is 84.2 Å². The number of hydrogen-bond acceptors (Lipinski definition) is 3. The Hall–Kier alpha value is -2.92. The maximum atomic E-state index is 14.3. The molecule has 5 rings (SSSR count). The summed E-state index contributed by atoms with van der Waals surface area (Å²) in [6.07, 6.45) is 6.18. The number of benzene rings is 3. The fourth-order valence-corrected chi connectivity index (χ4v) is 12.7. The molecule has 0 spiro atoms. The first kappa shape index (κ1) is 33.4. The number of ether oxygens (including phenoxy) is 1. The molecule has 240 valence electrons. The molecule has 2 aliphatic rings. The van der Waals surface area contributed by atoms with E-state index in [1.54, 1.807) is 5.57 Å². The van der Waals surface area contributed by atoms with Crippen LogP contribution in [0, 0.1) is 11.3 Å². The molecule has 0 aromatic heterocycles. The van der Waals surface area contributed by atoms with Gasteiger partial charge in [-0.2, -0.15) is 0 Å². The predicted molar refractivity (Wildman–Crippen MR) is 188 cm³/mol. The van der Waals surface area contributed by atoms with Crippen LogP contribution in [0.3, 0.4) is 0 Å². The molecular formula is C41H53O3Si-. The molecule has 0 N–H and O–H groups in total. The highest BCUT2D eigenvalue weighted by molar-refractivity contribution is 6.99. The lowest BCUT2D eigenvalue weighted by atomic mass is 9.61. The van der Waals surface area contributed by atoms with Gasteiger partial charge in [0.15, 0.2) is 0 Å². The molecule has 3 aromatic rings. The van der Waals surface area contributed by atoms with Crippen LogP contribution in [0.2, 0.25) is 5.04 Å². The van der Waals surface area contributed by atoms with Gasteiger partial charge in [0.2, 0.25) is 0 Å². The van der Waals surface area contributed by atoms with Crippen LogP contribution in [-0.4, -0.2) is 21.0 Å². The number of allylic oxidation sites excluding steroid dienone is 3. The zero-order chi connectivity index (χ0) is 32.1. The summed E-state index contributed by atoms with van der Waals surface area (Å²) in [6.45, 7) is 15.1. The van der Waals surface area contributed by atoms with E-state index in [4.69, 9.17) is 9.16 Å². The first-order valence-electron chi connectivity index (χ1n) is 17.0. The van der Waals surface area contributed by atoms with E-state index in [0.29, 0.717) is 13.2 Å². The van der Waals surface area contributed by atoms with E-state index in [9.17, 15) is 5.11 Å². The molecule has 0 aliphatic heterocycles. The van der Waals surface area contributed by atoms with Crippen molar-refractivity contribution in [1.82, 2.24) is 0 Å². The smallest absolute Gasteiger partial charge is 0.261 e. The molecule has 4 heteroatoms. The van der Waals surface area contributed by atoms with Gasteiger partial charge in [-0.3, -0.25) is 0 Å². The molecule has 0 heterocycles. The fraction of sp³-hybridized carbons (Fsp3) is 0.463. The molecule has 3 aromatic carbocycles. The van der Waals surface area contributed by atoms with E-state index in [1.165, 1.54) is 15.9 Å². The summed E-state index contributed by atoms with van der Waals surface area (Å²) in [5, 5.41) is 16.9. The number of unbranched alkanes of at least 4 members (excludes halogenated alkanes) is 1. The van der Waals surface area contributed by atoms with Gasteiger partial charge in [0.05, 0.1) is 12.7 Å². The molecule has 0 saturated heterocycles. The molecule has 0 unspecified atom stereocenters. The Morgan fingerprint density at radius 3 is 1.96 bits per heavy atom. The van der Waals surface area contributed by atoms with Crippen LogP contribution in [0.4, 0.5) is 0 Å². The van der Waals surface area contributed by atoms with E-state index in [1.807, 2.05) is 18.2 Å². The Bertz CT molecular complexity index is 1410. The van der Waals surface area contributed by atoms with Gasteiger partial charge in [0.1, 0.15) is 0 Å². The average molecular weight is 622 g/mol. The SMILES string of the molecule is CC1=C2CC/C(CCCCO[Si](c3ccccc3)(c3ccccc3)C(C)(C)C)=C(/[O-])[C@@H](OCc3ccccc3)[C@@H](CC1)C2(C)C. The largest absolute Gasteiger partial charge is 0.874 e. The van der Waals surface area contributed by atoms with Crippen molar-refractivity contribution in [2.24, 2.45) is 11.3 Å². The minimum absolute atomic E-state index is 0.0332. The first-order valence-corrected chi connectivity index (χ1v) is 18.9. The fourth-order valence-electron chi connectivity index (χ4n) is 8.13. The monoisotopic (exact) mass is 621 g/mol. The lowest BCUT2D eigenvalue weighted by Crippen LogP contribution is -2.66. The summed E-state index contributed by atoms with van der Waals surface area (Å²) >= 11 is 0. The molecular weight excluding hydrogens is 569 g/mol. The third-order valence-electron chi connectivity index (χ3n) is 10.6. The van der Waals surface area contributed by atoms with Gasteiger partial charge in [-0.15, -0.1) is 5.76 Å². The Kier molecular flexibility index (Phi) is 10.6.